The van der Waals surface area contributed by atoms with Gasteiger partial charge < -0.3 is 10.1 Å². The predicted molar refractivity (Wildman–Crippen MR) is 111 cm³/mol. The Morgan fingerprint density at radius 2 is 2.00 bits per heavy atom. The summed E-state index contributed by atoms with van der Waals surface area (Å²) in [6, 6.07) is 13.6. The first-order chi connectivity index (χ1) is 14.1. The smallest absolute Gasteiger partial charge is 0.230 e. The number of carbonyl (C=O) groups excluding carboxylic acids is 1. The van der Waals surface area contributed by atoms with Crippen molar-refractivity contribution in [1.82, 2.24) is 15.3 Å². The molecule has 1 atom stereocenters. The molecule has 3 aromatic rings. The van der Waals surface area contributed by atoms with Gasteiger partial charge in [-0.2, -0.15) is 0 Å². The van der Waals surface area contributed by atoms with Crippen LogP contribution >= 0.6 is 11.6 Å². The lowest BCUT2D eigenvalue weighted by Crippen LogP contribution is -2.40. The third-order valence-electron chi connectivity index (χ3n) is 5.73. The molecule has 0 spiro atoms. The van der Waals surface area contributed by atoms with E-state index in [4.69, 9.17) is 16.3 Å². The minimum absolute atomic E-state index is 0.0629. The van der Waals surface area contributed by atoms with Crippen LogP contribution in [0.3, 0.4) is 0 Å². The van der Waals surface area contributed by atoms with E-state index >= 15 is 0 Å². The molecule has 1 amide bonds. The predicted octanol–water partition coefficient (Wildman–Crippen LogP) is 3.95. The average molecular weight is 406 g/mol. The normalized spacial score (nSPS) is 18.6. The second-order valence-electron chi connectivity index (χ2n) is 7.66. The van der Waals surface area contributed by atoms with E-state index in [1.165, 1.54) is 0 Å². The fourth-order valence-corrected chi connectivity index (χ4v) is 4.08. The van der Waals surface area contributed by atoms with Crippen molar-refractivity contribution in [3.63, 3.8) is 0 Å². The Morgan fingerprint density at radius 1 is 1.17 bits per heavy atom. The van der Waals surface area contributed by atoms with E-state index in [1.54, 1.807) is 18.6 Å². The van der Waals surface area contributed by atoms with Crippen LogP contribution in [0.2, 0.25) is 5.02 Å². The largest absolute Gasteiger partial charge is 0.488 e. The first-order valence-corrected chi connectivity index (χ1v) is 10.1. The Hall–Kier alpha value is -2.92. The van der Waals surface area contributed by atoms with E-state index in [2.05, 4.69) is 21.4 Å². The number of carbonyl (C=O) groups is 1. The molecule has 0 unspecified atom stereocenters. The van der Waals surface area contributed by atoms with Gasteiger partial charge in [-0.1, -0.05) is 23.7 Å². The van der Waals surface area contributed by atoms with Gasteiger partial charge in [0.15, 0.2) is 0 Å². The van der Waals surface area contributed by atoms with Gasteiger partial charge in [-0.15, -0.1) is 0 Å². The number of nitrogens with one attached hydrogen (secondary N) is 1. The number of rotatable bonds is 5. The molecule has 0 radical (unpaired) electrons. The topological polar surface area (TPSA) is 64.1 Å². The number of hydrogen-bond acceptors (Lipinski definition) is 4. The summed E-state index contributed by atoms with van der Waals surface area (Å²) in [7, 11) is 0. The molecule has 1 aliphatic carbocycles. The van der Waals surface area contributed by atoms with Crippen LogP contribution in [0, 0.1) is 0 Å². The molecule has 29 heavy (non-hydrogen) atoms. The molecule has 6 heteroatoms. The zero-order valence-corrected chi connectivity index (χ0v) is 16.5. The Bertz CT molecular complexity index is 1050. The van der Waals surface area contributed by atoms with Crippen molar-refractivity contribution in [2.75, 3.05) is 6.54 Å². The maximum Gasteiger partial charge on any atom is 0.230 e. The highest BCUT2D eigenvalue weighted by molar-refractivity contribution is 6.30. The standard InChI is InChI=1S/C23H20ClN3O2/c24-18-4-2-17(3-5-18)23(7-8-23)22(28)27-13-19-12-16-11-15(1-6-21(16)29-19)20-14-25-9-10-26-20/h1-6,9-11,14,19H,7-8,12-13H2,(H,27,28)/t19-/m0/s1. The first kappa shape index (κ1) is 18.1. The van der Waals surface area contributed by atoms with E-state index in [0.29, 0.717) is 11.6 Å². The summed E-state index contributed by atoms with van der Waals surface area (Å²) < 4.78 is 6.03. The number of benzene rings is 2. The molecule has 5 rings (SSSR count). The molecule has 1 aliphatic heterocycles. The summed E-state index contributed by atoms with van der Waals surface area (Å²) >= 11 is 5.98. The molecule has 2 heterocycles. The van der Waals surface area contributed by atoms with Crippen LogP contribution in [-0.4, -0.2) is 28.5 Å². The van der Waals surface area contributed by atoms with Crippen LogP contribution in [0.5, 0.6) is 5.75 Å². The van der Waals surface area contributed by atoms with Crippen molar-refractivity contribution >= 4 is 17.5 Å². The molecule has 146 valence electrons. The van der Waals surface area contributed by atoms with Gasteiger partial charge in [-0.3, -0.25) is 14.8 Å². The van der Waals surface area contributed by atoms with E-state index in [-0.39, 0.29) is 12.0 Å². The summed E-state index contributed by atoms with van der Waals surface area (Å²) in [4.78, 5) is 21.3. The molecule has 1 aromatic heterocycles. The zero-order valence-electron chi connectivity index (χ0n) is 15.8. The molecule has 2 aromatic carbocycles. The van der Waals surface area contributed by atoms with Gasteiger partial charge in [0, 0.05) is 29.4 Å². The van der Waals surface area contributed by atoms with Gasteiger partial charge in [0.1, 0.15) is 11.9 Å². The lowest BCUT2D eigenvalue weighted by molar-refractivity contribution is -0.123. The van der Waals surface area contributed by atoms with Gasteiger partial charge in [0.05, 0.1) is 23.9 Å². The summed E-state index contributed by atoms with van der Waals surface area (Å²) in [5.41, 5.74) is 3.61. The highest BCUT2D eigenvalue weighted by Gasteiger charge is 2.51. The SMILES string of the molecule is O=C(NC[C@@H]1Cc2cc(-c3cnccn3)ccc2O1)C1(c2ccc(Cl)cc2)CC1. The number of ether oxygens (including phenoxy) is 1. The molecule has 0 bridgehead atoms. The second-order valence-corrected chi connectivity index (χ2v) is 8.09. The Morgan fingerprint density at radius 3 is 2.72 bits per heavy atom. The highest BCUT2D eigenvalue weighted by atomic mass is 35.5. The molecule has 1 saturated carbocycles. The van der Waals surface area contributed by atoms with Crippen LogP contribution in [0.4, 0.5) is 0 Å². The quantitative estimate of drug-likeness (QED) is 0.698. The monoisotopic (exact) mass is 405 g/mol. The van der Waals surface area contributed by atoms with Crippen LogP contribution < -0.4 is 10.1 Å². The highest BCUT2D eigenvalue weighted by Crippen LogP contribution is 2.48. The summed E-state index contributed by atoms with van der Waals surface area (Å²) in [5, 5.41) is 3.79. The maximum absolute atomic E-state index is 12.9. The first-order valence-electron chi connectivity index (χ1n) is 9.74. The number of aromatic nitrogens is 2. The molecule has 5 nitrogen and oxygen atoms in total. The number of fused-ring (bicyclic) bond motifs is 1. The van der Waals surface area contributed by atoms with Gasteiger partial charge in [0.2, 0.25) is 5.91 Å². The van der Waals surface area contributed by atoms with Gasteiger partial charge in [0.25, 0.3) is 0 Å². The third-order valence-corrected chi connectivity index (χ3v) is 5.98. The van der Waals surface area contributed by atoms with Crippen LogP contribution in [0.15, 0.2) is 61.1 Å². The van der Waals surface area contributed by atoms with Crippen molar-refractivity contribution < 1.29 is 9.53 Å². The fraction of sp³-hybridized carbons (Fsp3) is 0.261. The lowest BCUT2D eigenvalue weighted by atomic mass is 9.95. The maximum atomic E-state index is 12.9. The van der Waals surface area contributed by atoms with Crippen molar-refractivity contribution in [2.45, 2.75) is 30.8 Å². The van der Waals surface area contributed by atoms with E-state index in [0.717, 1.165) is 47.4 Å². The third kappa shape index (κ3) is 3.47. The fourth-order valence-electron chi connectivity index (χ4n) is 3.96. The molecule has 0 saturated heterocycles. The van der Waals surface area contributed by atoms with E-state index in [1.807, 2.05) is 36.4 Å². The zero-order chi connectivity index (χ0) is 19.8. The Balaban J connectivity index is 1.23. The van der Waals surface area contributed by atoms with Crippen molar-refractivity contribution in [3.8, 4) is 17.0 Å². The Labute approximate surface area is 174 Å². The van der Waals surface area contributed by atoms with Crippen molar-refractivity contribution in [2.24, 2.45) is 0 Å². The van der Waals surface area contributed by atoms with E-state index < -0.39 is 5.41 Å². The summed E-state index contributed by atoms with van der Waals surface area (Å²) in [6.07, 6.45) is 7.54. The van der Waals surface area contributed by atoms with Crippen LogP contribution in [0.25, 0.3) is 11.3 Å². The number of hydrogen-bond donors (Lipinski definition) is 1. The Kier molecular flexibility index (Phi) is 4.47. The average Bonchev–Trinajstić information content (AvgIpc) is 3.46. The van der Waals surface area contributed by atoms with Gasteiger partial charge in [-0.25, -0.2) is 0 Å². The molecule has 1 N–H and O–H groups in total. The van der Waals surface area contributed by atoms with Crippen LogP contribution in [0.1, 0.15) is 24.0 Å². The van der Waals surface area contributed by atoms with Crippen molar-refractivity contribution in [3.05, 3.63) is 77.2 Å². The van der Waals surface area contributed by atoms with Gasteiger partial charge in [-0.05, 0) is 54.3 Å². The minimum atomic E-state index is -0.408. The molecule has 2 aliphatic rings. The van der Waals surface area contributed by atoms with E-state index in [9.17, 15) is 4.79 Å². The second kappa shape index (κ2) is 7.16. The lowest BCUT2D eigenvalue weighted by Gasteiger charge is -2.18. The number of halogens is 1. The summed E-state index contributed by atoms with van der Waals surface area (Å²) in [5.74, 6) is 0.940. The number of nitrogens with zero attached hydrogens (tertiary/aromatic N) is 2. The van der Waals surface area contributed by atoms with Crippen LogP contribution in [-0.2, 0) is 16.6 Å². The minimum Gasteiger partial charge on any atom is -0.488 e. The van der Waals surface area contributed by atoms with Gasteiger partial charge >= 0.3 is 0 Å². The molecule has 1 fully saturated rings. The van der Waals surface area contributed by atoms with Crippen molar-refractivity contribution in [1.29, 1.82) is 0 Å². The molecular weight excluding hydrogens is 386 g/mol. The number of amides is 1. The summed E-state index contributed by atoms with van der Waals surface area (Å²) in [6.45, 7) is 0.489. The molecular formula is C23H20ClN3O2.